The van der Waals surface area contributed by atoms with Crippen LogP contribution in [0.3, 0.4) is 0 Å². The van der Waals surface area contributed by atoms with Crippen molar-refractivity contribution in [2.24, 2.45) is 0 Å². The molecule has 0 spiro atoms. The number of carbonyl (C=O) groups is 1. The number of likely N-dealkylation sites (N-methyl/N-ethyl adjacent to an activating group) is 1. The fourth-order valence-electron chi connectivity index (χ4n) is 4.47. The lowest BCUT2D eigenvalue weighted by Gasteiger charge is -2.32. The topological polar surface area (TPSA) is 74.0 Å². The van der Waals surface area contributed by atoms with Gasteiger partial charge in [0.05, 0.1) is 23.0 Å². The average molecular weight is 426 g/mol. The molecular formula is C26H27N5O. The van der Waals surface area contributed by atoms with Gasteiger partial charge in [-0.1, -0.05) is 24.3 Å². The van der Waals surface area contributed by atoms with E-state index in [4.69, 9.17) is 10.4 Å². The summed E-state index contributed by atoms with van der Waals surface area (Å²) < 4.78 is 1.85. The van der Waals surface area contributed by atoms with Crippen molar-refractivity contribution in [2.45, 2.75) is 37.6 Å². The molecule has 1 amide bonds. The second-order valence-electron chi connectivity index (χ2n) is 8.76. The summed E-state index contributed by atoms with van der Waals surface area (Å²) in [7, 11) is 1.95. The molecule has 1 aliphatic carbocycles. The first-order valence-electron chi connectivity index (χ1n) is 11.3. The minimum Gasteiger partial charge on any atom is -0.336 e. The molecule has 1 saturated carbocycles. The maximum Gasteiger partial charge on any atom is 0.274 e. The second-order valence-corrected chi connectivity index (χ2v) is 8.76. The highest BCUT2D eigenvalue weighted by molar-refractivity contribution is 5.93. The molecule has 5 rings (SSSR count). The Bertz CT molecular complexity index is 1150. The van der Waals surface area contributed by atoms with E-state index < -0.39 is 0 Å². The van der Waals surface area contributed by atoms with Gasteiger partial charge < -0.3 is 10.2 Å². The van der Waals surface area contributed by atoms with E-state index in [2.05, 4.69) is 35.7 Å². The van der Waals surface area contributed by atoms with Gasteiger partial charge in [-0.3, -0.25) is 4.79 Å². The van der Waals surface area contributed by atoms with E-state index in [1.54, 1.807) is 12.1 Å². The smallest absolute Gasteiger partial charge is 0.274 e. The van der Waals surface area contributed by atoms with Gasteiger partial charge in [0.15, 0.2) is 5.69 Å². The number of hydrogen-bond acceptors (Lipinski definition) is 4. The zero-order valence-electron chi connectivity index (χ0n) is 18.3. The Morgan fingerprint density at radius 2 is 1.84 bits per heavy atom. The number of amides is 1. The number of carbonyl (C=O) groups excluding carboxylic acids is 1. The number of aromatic nitrogens is 2. The molecular weight excluding hydrogens is 398 g/mol. The van der Waals surface area contributed by atoms with Crippen LogP contribution in [0, 0.1) is 11.3 Å². The van der Waals surface area contributed by atoms with Crippen LogP contribution in [-0.2, 0) is 0 Å². The van der Waals surface area contributed by atoms with Gasteiger partial charge in [-0.05, 0) is 74.5 Å². The first-order valence-corrected chi connectivity index (χ1v) is 11.3. The fraction of sp³-hybridized carbons (Fsp3) is 0.346. The molecule has 1 aliphatic heterocycles. The SMILES string of the molecule is CN[C@@H]1CCCN(C(=O)c2cc(-c3ccc(C#N)cc3)n(-c3ccc(C4CC4)cc3)n2)C1. The summed E-state index contributed by atoms with van der Waals surface area (Å²) in [4.78, 5) is 15.2. The molecule has 0 radical (unpaired) electrons. The molecule has 1 N–H and O–H groups in total. The molecule has 6 nitrogen and oxygen atoms in total. The maximum atomic E-state index is 13.3. The summed E-state index contributed by atoms with van der Waals surface area (Å²) in [6.45, 7) is 1.45. The van der Waals surface area contributed by atoms with Gasteiger partial charge in [0, 0.05) is 24.7 Å². The zero-order valence-corrected chi connectivity index (χ0v) is 18.3. The van der Waals surface area contributed by atoms with Crippen molar-refractivity contribution in [3.8, 4) is 23.0 Å². The van der Waals surface area contributed by atoms with Gasteiger partial charge in [-0.2, -0.15) is 10.4 Å². The summed E-state index contributed by atoms with van der Waals surface area (Å²) in [6.07, 6.45) is 4.60. The number of piperidine rings is 1. The number of nitrogens with zero attached hydrogens (tertiary/aromatic N) is 4. The fourth-order valence-corrected chi connectivity index (χ4v) is 4.47. The molecule has 1 atom stereocenters. The molecule has 2 aromatic carbocycles. The number of nitrogens with one attached hydrogen (secondary N) is 1. The lowest BCUT2D eigenvalue weighted by molar-refractivity contribution is 0.0691. The van der Waals surface area contributed by atoms with Crippen molar-refractivity contribution in [1.29, 1.82) is 5.26 Å². The monoisotopic (exact) mass is 425 g/mol. The lowest BCUT2D eigenvalue weighted by atomic mass is 10.1. The van der Waals surface area contributed by atoms with Gasteiger partial charge in [0.1, 0.15) is 0 Å². The maximum absolute atomic E-state index is 13.3. The zero-order chi connectivity index (χ0) is 22.1. The molecule has 0 bridgehead atoms. The van der Waals surface area contributed by atoms with Gasteiger partial charge in [0.25, 0.3) is 5.91 Å². The van der Waals surface area contributed by atoms with Crippen LogP contribution in [0.4, 0.5) is 0 Å². The Kier molecular flexibility index (Phi) is 5.50. The number of benzene rings is 2. The van der Waals surface area contributed by atoms with E-state index in [1.807, 2.05) is 34.8 Å². The standard InChI is InChI=1S/C26H27N5O/c1-28-22-3-2-14-30(17-22)26(32)24-15-25(21-6-4-18(16-27)5-7-21)31(29-24)23-12-10-20(11-13-23)19-8-9-19/h4-7,10-13,15,19,22,28H,2-3,8-9,14,17H2,1H3/t22-/m1/s1. The van der Waals surface area contributed by atoms with Crippen LogP contribution in [0.5, 0.6) is 0 Å². The van der Waals surface area contributed by atoms with Crippen LogP contribution in [0.15, 0.2) is 54.6 Å². The molecule has 3 aromatic rings. The highest BCUT2D eigenvalue weighted by Crippen LogP contribution is 2.40. The number of hydrogen-bond donors (Lipinski definition) is 1. The van der Waals surface area contributed by atoms with Crippen LogP contribution in [-0.4, -0.2) is 46.8 Å². The van der Waals surface area contributed by atoms with Crippen LogP contribution >= 0.6 is 0 Å². The molecule has 2 heterocycles. The Hall–Kier alpha value is -3.43. The van der Waals surface area contributed by atoms with Crippen LogP contribution < -0.4 is 5.32 Å². The molecule has 32 heavy (non-hydrogen) atoms. The third-order valence-electron chi connectivity index (χ3n) is 6.54. The largest absolute Gasteiger partial charge is 0.336 e. The average Bonchev–Trinajstić information content (AvgIpc) is 3.62. The first kappa shape index (κ1) is 20.5. The lowest BCUT2D eigenvalue weighted by Crippen LogP contribution is -2.47. The van der Waals surface area contributed by atoms with Crippen molar-refractivity contribution < 1.29 is 4.79 Å². The van der Waals surface area contributed by atoms with Crippen molar-refractivity contribution in [1.82, 2.24) is 20.0 Å². The van der Waals surface area contributed by atoms with Crippen LogP contribution in [0.1, 0.15) is 53.2 Å². The first-order chi connectivity index (χ1) is 15.7. The van der Waals surface area contributed by atoms with Gasteiger partial charge in [-0.25, -0.2) is 4.68 Å². The normalized spacial score (nSPS) is 18.4. The molecule has 1 saturated heterocycles. The predicted octanol–water partition coefficient (Wildman–Crippen LogP) is 4.11. The van der Waals surface area contributed by atoms with Crippen molar-refractivity contribution in [3.05, 3.63) is 71.4 Å². The Labute approximate surface area is 188 Å². The number of rotatable bonds is 5. The number of likely N-dealkylation sites (tertiary alicyclic amines) is 1. The second kappa shape index (κ2) is 8.60. The van der Waals surface area contributed by atoms with E-state index in [0.29, 0.717) is 29.8 Å². The Balaban J connectivity index is 1.52. The molecule has 162 valence electrons. The Morgan fingerprint density at radius 1 is 1.09 bits per heavy atom. The quantitative estimate of drug-likeness (QED) is 0.668. The third kappa shape index (κ3) is 4.04. The van der Waals surface area contributed by atoms with Crippen molar-refractivity contribution in [3.63, 3.8) is 0 Å². The van der Waals surface area contributed by atoms with E-state index in [9.17, 15) is 4.79 Å². The summed E-state index contributed by atoms with van der Waals surface area (Å²) >= 11 is 0. The Morgan fingerprint density at radius 3 is 2.50 bits per heavy atom. The minimum atomic E-state index is -0.0341. The minimum absolute atomic E-state index is 0.0341. The van der Waals surface area contributed by atoms with Crippen molar-refractivity contribution >= 4 is 5.91 Å². The summed E-state index contributed by atoms with van der Waals surface area (Å²) in [5.41, 5.74) is 5.12. The highest BCUT2D eigenvalue weighted by Gasteiger charge is 2.27. The molecule has 1 aromatic heterocycles. The molecule has 2 aliphatic rings. The van der Waals surface area contributed by atoms with Crippen LogP contribution in [0.25, 0.3) is 16.9 Å². The third-order valence-corrected chi connectivity index (χ3v) is 6.54. The summed E-state index contributed by atoms with van der Waals surface area (Å²) in [5.74, 6) is 0.657. The van der Waals surface area contributed by atoms with Gasteiger partial charge in [0.2, 0.25) is 0 Å². The van der Waals surface area contributed by atoms with Crippen LogP contribution in [0.2, 0.25) is 0 Å². The molecule has 0 unspecified atom stereocenters. The van der Waals surface area contributed by atoms with Gasteiger partial charge in [-0.15, -0.1) is 0 Å². The molecule has 2 fully saturated rings. The number of nitriles is 1. The summed E-state index contributed by atoms with van der Waals surface area (Å²) in [5, 5.41) is 17.2. The highest BCUT2D eigenvalue weighted by atomic mass is 16.2. The molecule has 6 heteroatoms. The van der Waals surface area contributed by atoms with E-state index in [0.717, 1.165) is 36.3 Å². The van der Waals surface area contributed by atoms with Crippen molar-refractivity contribution in [2.75, 3.05) is 20.1 Å². The summed E-state index contributed by atoms with van der Waals surface area (Å²) in [6, 6.07) is 20.3. The van der Waals surface area contributed by atoms with E-state index >= 15 is 0 Å². The van der Waals surface area contributed by atoms with E-state index in [1.165, 1.54) is 18.4 Å². The predicted molar refractivity (Wildman–Crippen MR) is 124 cm³/mol. The van der Waals surface area contributed by atoms with Gasteiger partial charge >= 0.3 is 0 Å². The van der Waals surface area contributed by atoms with E-state index in [-0.39, 0.29) is 5.91 Å².